The molecule has 0 saturated carbocycles. The summed E-state index contributed by atoms with van der Waals surface area (Å²) in [6.45, 7) is 4.71. The van der Waals surface area contributed by atoms with Crippen LogP contribution in [0, 0.1) is 6.92 Å². The second-order valence-corrected chi connectivity index (χ2v) is 10.6. The quantitative estimate of drug-likeness (QED) is 0.320. The highest BCUT2D eigenvalue weighted by Crippen LogP contribution is 2.47. The van der Waals surface area contributed by atoms with Crippen molar-refractivity contribution in [3.63, 3.8) is 0 Å². The summed E-state index contributed by atoms with van der Waals surface area (Å²) >= 11 is 1.27. The minimum absolute atomic E-state index is 0.0256. The highest BCUT2D eigenvalue weighted by molar-refractivity contribution is 7.21. The number of likely N-dealkylation sites (tertiary alicyclic amines) is 1. The van der Waals surface area contributed by atoms with Gasteiger partial charge in [-0.05, 0) is 55.3 Å². The van der Waals surface area contributed by atoms with E-state index in [4.69, 9.17) is 4.74 Å². The average molecular weight is 542 g/mol. The van der Waals surface area contributed by atoms with Gasteiger partial charge in [-0.3, -0.25) is 14.5 Å². The number of pyridine rings is 1. The molecule has 0 spiro atoms. The van der Waals surface area contributed by atoms with Crippen molar-refractivity contribution in [2.24, 2.45) is 0 Å². The number of benzene rings is 2. The van der Waals surface area contributed by atoms with E-state index < -0.39 is 0 Å². The number of hydrogen-bond acceptors (Lipinski definition) is 6. The molecule has 9 nitrogen and oxygen atoms in total. The average Bonchev–Trinajstić information content (AvgIpc) is 3.55. The second-order valence-electron chi connectivity index (χ2n) is 9.60. The fourth-order valence-electron chi connectivity index (χ4n) is 5.08. The molecule has 4 heterocycles. The molecule has 1 fully saturated rings. The molecular formula is C29H27N5O4S. The number of amides is 4. The third-order valence-corrected chi connectivity index (χ3v) is 8.08. The van der Waals surface area contributed by atoms with Crippen LogP contribution in [0.25, 0.3) is 10.2 Å². The number of rotatable bonds is 6. The van der Waals surface area contributed by atoms with E-state index in [-0.39, 0.29) is 23.9 Å². The molecule has 4 amide bonds. The molecule has 10 heteroatoms. The number of aromatic nitrogens is 1. The molecule has 2 aromatic carbocycles. The van der Waals surface area contributed by atoms with Gasteiger partial charge in [0.15, 0.2) is 0 Å². The van der Waals surface area contributed by atoms with Crippen LogP contribution in [0.5, 0.6) is 11.5 Å². The summed E-state index contributed by atoms with van der Waals surface area (Å²) in [7, 11) is 0. The lowest BCUT2D eigenvalue weighted by molar-refractivity contribution is -0.121. The van der Waals surface area contributed by atoms with Gasteiger partial charge >= 0.3 is 6.03 Å². The lowest BCUT2D eigenvalue weighted by Gasteiger charge is -2.30. The third kappa shape index (κ3) is 4.57. The first kappa shape index (κ1) is 24.9. The zero-order chi connectivity index (χ0) is 27.1. The summed E-state index contributed by atoms with van der Waals surface area (Å²) in [6, 6.07) is 16.5. The van der Waals surface area contributed by atoms with E-state index in [1.807, 2.05) is 55.5 Å². The van der Waals surface area contributed by atoms with Crippen molar-refractivity contribution in [2.75, 3.05) is 23.3 Å². The Morgan fingerprint density at radius 2 is 1.95 bits per heavy atom. The van der Waals surface area contributed by atoms with Crippen molar-refractivity contribution in [3.8, 4) is 11.5 Å². The maximum absolute atomic E-state index is 13.5. The van der Waals surface area contributed by atoms with Gasteiger partial charge in [0.25, 0.3) is 5.91 Å². The lowest BCUT2D eigenvalue weighted by atomic mass is 10.1. The maximum Gasteiger partial charge on any atom is 0.331 e. The van der Waals surface area contributed by atoms with E-state index >= 15 is 0 Å². The van der Waals surface area contributed by atoms with Gasteiger partial charge in [-0.15, -0.1) is 11.3 Å². The molecule has 0 radical (unpaired) electrons. The van der Waals surface area contributed by atoms with Gasteiger partial charge in [0.2, 0.25) is 5.91 Å². The van der Waals surface area contributed by atoms with Crippen LogP contribution in [0.1, 0.15) is 35.0 Å². The highest BCUT2D eigenvalue weighted by atomic mass is 32.1. The van der Waals surface area contributed by atoms with E-state index in [0.29, 0.717) is 58.5 Å². The molecule has 1 saturated heterocycles. The lowest BCUT2D eigenvalue weighted by Crippen LogP contribution is -2.38. The standard InChI is InChI=1S/C29H27N5O4S/c1-3-23(35)31-18-12-14-33(16-18)28(36)26-25-24-22(11-13-30-27(24)39-26)34(29(37)32-25)21-10-9-20(15-17(21)2)38-19-7-5-4-6-8-19/h4-11,13,15,18H,3,12,14,16H2,1-2H3,(H,31,35)(H,32,37)/t18-/m0/s1. The molecule has 1 atom stereocenters. The summed E-state index contributed by atoms with van der Waals surface area (Å²) in [4.78, 5) is 47.9. The zero-order valence-electron chi connectivity index (χ0n) is 21.6. The van der Waals surface area contributed by atoms with E-state index in [2.05, 4.69) is 15.6 Å². The molecule has 2 N–H and O–H groups in total. The van der Waals surface area contributed by atoms with Gasteiger partial charge in [0, 0.05) is 31.7 Å². The monoisotopic (exact) mass is 541 g/mol. The predicted octanol–water partition coefficient (Wildman–Crippen LogP) is 5.82. The fraction of sp³-hybridized carbons (Fsp3) is 0.241. The molecule has 0 bridgehead atoms. The number of carbonyl (C=O) groups excluding carboxylic acids is 3. The van der Waals surface area contributed by atoms with Crippen molar-refractivity contribution in [2.45, 2.75) is 32.7 Å². The van der Waals surface area contributed by atoms with E-state index in [1.54, 1.807) is 29.0 Å². The summed E-state index contributed by atoms with van der Waals surface area (Å²) in [5.41, 5.74) is 2.73. The molecule has 198 valence electrons. The number of para-hydroxylation sites is 1. The SMILES string of the molecule is CCC(=O)N[C@H]1CCN(C(=O)c2sc3nccc4c3c2NC(=O)N4c2ccc(Oc3ccccc3)cc2C)C1. The number of carbonyl (C=O) groups is 3. The Morgan fingerprint density at radius 1 is 1.13 bits per heavy atom. The van der Waals surface area contributed by atoms with Crippen LogP contribution in [0.2, 0.25) is 0 Å². The molecule has 2 aromatic heterocycles. The number of aryl methyl sites for hydroxylation is 1. The first-order valence-corrected chi connectivity index (χ1v) is 13.7. The molecule has 4 aromatic rings. The molecule has 0 aliphatic carbocycles. The second kappa shape index (κ2) is 10.0. The van der Waals surface area contributed by atoms with Gasteiger partial charge in [-0.1, -0.05) is 25.1 Å². The largest absolute Gasteiger partial charge is 0.457 e. The van der Waals surface area contributed by atoms with Crippen LogP contribution in [0.15, 0.2) is 60.8 Å². The third-order valence-electron chi connectivity index (χ3n) is 6.99. The zero-order valence-corrected chi connectivity index (χ0v) is 22.4. The minimum Gasteiger partial charge on any atom is -0.457 e. The topological polar surface area (TPSA) is 104 Å². The van der Waals surface area contributed by atoms with Crippen LogP contribution >= 0.6 is 11.3 Å². The van der Waals surface area contributed by atoms with Crippen LogP contribution in [0.4, 0.5) is 21.9 Å². The Bertz CT molecular complexity index is 1600. The van der Waals surface area contributed by atoms with Gasteiger partial charge in [0.1, 0.15) is 21.2 Å². The minimum atomic E-state index is -0.350. The van der Waals surface area contributed by atoms with Crippen molar-refractivity contribution >= 4 is 56.5 Å². The van der Waals surface area contributed by atoms with Crippen molar-refractivity contribution in [1.82, 2.24) is 15.2 Å². The molecule has 6 rings (SSSR count). The van der Waals surface area contributed by atoms with Gasteiger partial charge in [-0.2, -0.15) is 0 Å². The normalized spacial score (nSPS) is 16.4. The molecule has 2 aliphatic heterocycles. The smallest absolute Gasteiger partial charge is 0.331 e. The Hall–Kier alpha value is -4.44. The number of urea groups is 1. The fourth-order valence-corrected chi connectivity index (χ4v) is 6.16. The Labute approximate surface area is 229 Å². The number of nitrogens with one attached hydrogen (secondary N) is 2. The molecular weight excluding hydrogens is 514 g/mol. The van der Waals surface area contributed by atoms with Crippen LogP contribution in [0.3, 0.4) is 0 Å². The molecule has 2 aliphatic rings. The summed E-state index contributed by atoms with van der Waals surface area (Å²) in [6.07, 6.45) is 2.76. The summed E-state index contributed by atoms with van der Waals surface area (Å²) < 4.78 is 5.96. The van der Waals surface area contributed by atoms with Crippen LogP contribution < -0.4 is 20.3 Å². The number of nitrogens with zero attached hydrogens (tertiary/aromatic N) is 3. The Balaban J connectivity index is 1.31. The van der Waals surface area contributed by atoms with Gasteiger partial charge in [-0.25, -0.2) is 9.78 Å². The first-order chi connectivity index (χ1) is 18.9. The Kier molecular flexibility index (Phi) is 6.40. The van der Waals surface area contributed by atoms with Crippen molar-refractivity contribution in [1.29, 1.82) is 0 Å². The highest BCUT2D eigenvalue weighted by Gasteiger charge is 2.36. The van der Waals surface area contributed by atoms with E-state index in [0.717, 1.165) is 16.7 Å². The van der Waals surface area contributed by atoms with Gasteiger partial charge in [0.05, 0.1) is 22.4 Å². The molecule has 39 heavy (non-hydrogen) atoms. The van der Waals surface area contributed by atoms with Crippen molar-refractivity contribution < 1.29 is 19.1 Å². The van der Waals surface area contributed by atoms with Crippen LogP contribution in [-0.2, 0) is 4.79 Å². The maximum atomic E-state index is 13.5. The number of hydrogen-bond donors (Lipinski definition) is 2. The summed E-state index contributed by atoms with van der Waals surface area (Å²) in [5.74, 6) is 1.21. The van der Waals surface area contributed by atoms with Crippen molar-refractivity contribution in [3.05, 3.63) is 71.2 Å². The molecule has 0 unspecified atom stereocenters. The van der Waals surface area contributed by atoms with Gasteiger partial charge < -0.3 is 20.3 Å². The Morgan fingerprint density at radius 3 is 2.72 bits per heavy atom. The van der Waals surface area contributed by atoms with E-state index in [9.17, 15) is 14.4 Å². The number of thiophene rings is 1. The van der Waals surface area contributed by atoms with E-state index in [1.165, 1.54) is 11.3 Å². The predicted molar refractivity (Wildman–Crippen MR) is 151 cm³/mol. The number of ether oxygens (including phenoxy) is 1. The summed E-state index contributed by atoms with van der Waals surface area (Å²) in [5, 5.41) is 6.68. The first-order valence-electron chi connectivity index (χ1n) is 12.9. The van der Waals surface area contributed by atoms with Crippen LogP contribution in [-0.4, -0.2) is 46.9 Å². The number of anilines is 3.